The maximum Gasteiger partial charge on any atom is 0.357 e. The van der Waals surface area contributed by atoms with E-state index in [4.69, 9.17) is 21.1 Å². The Bertz CT molecular complexity index is 974. The first-order valence-corrected chi connectivity index (χ1v) is 8.50. The highest BCUT2D eigenvalue weighted by Crippen LogP contribution is 2.43. The molecule has 0 saturated carbocycles. The third kappa shape index (κ3) is 3.05. The summed E-state index contributed by atoms with van der Waals surface area (Å²) in [6, 6.07) is 3.84. The van der Waals surface area contributed by atoms with Crippen molar-refractivity contribution in [3.63, 3.8) is 0 Å². The first-order valence-electron chi connectivity index (χ1n) is 7.25. The van der Waals surface area contributed by atoms with Crippen LogP contribution in [0.3, 0.4) is 0 Å². The average Bonchev–Trinajstić information content (AvgIpc) is 2.97. The smallest absolute Gasteiger partial charge is 0.357 e. The van der Waals surface area contributed by atoms with Gasteiger partial charge in [-0.3, -0.25) is 0 Å². The molecule has 1 aromatic carbocycles. The molecule has 0 aliphatic carbocycles. The number of nitrogens with zero attached hydrogens (tertiary/aromatic N) is 1. The number of benzene rings is 1. The Morgan fingerprint density at radius 2 is 2.12 bits per heavy atom. The number of methoxy groups -OCH3 is 1. The number of hydrogen-bond donors (Lipinski definition) is 0. The second kappa shape index (κ2) is 6.93. The molecule has 2 aromatic heterocycles. The van der Waals surface area contributed by atoms with Crippen molar-refractivity contribution < 1.29 is 23.0 Å². The topological polar surface area (TPSA) is 48.4 Å². The first kappa shape index (κ1) is 17.6. The van der Waals surface area contributed by atoms with Crippen LogP contribution in [0.15, 0.2) is 23.6 Å². The zero-order valence-electron chi connectivity index (χ0n) is 13.2. The van der Waals surface area contributed by atoms with Gasteiger partial charge in [-0.05, 0) is 19.1 Å². The van der Waals surface area contributed by atoms with Crippen molar-refractivity contribution in [3.8, 4) is 16.9 Å². The fraction of sp³-hybridized carbons (Fsp3) is 0.176. The van der Waals surface area contributed by atoms with Crippen LogP contribution in [0.1, 0.15) is 17.4 Å². The highest BCUT2D eigenvalue weighted by Gasteiger charge is 2.26. The Morgan fingerprint density at radius 1 is 1.36 bits per heavy atom. The number of esters is 1. The largest absolute Gasteiger partial charge is 0.496 e. The minimum atomic E-state index is -0.707. The Kier molecular flexibility index (Phi) is 4.87. The van der Waals surface area contributed by atoms with Gasteiger partial charge >= 0.3 is 5.97 Å². The van der Waals surface area contributed by atoms with Crippen LogP contribution >= 0.6 is 22.9 Å². The first-order chi connectivity index (χ1) is 12.0. The molecule has 0 amide bonds. The van der Waals surface area contributed by atoms with Gasteiger partial charge in [0, 0.05) is 22.6 Å². The van der Waals surface area contributed by atoms with Gasteiger partial charge < -0.3 is 9.47 Å². The number of halogens is 3. The van der Waals surface area contributed by atoms with E-state index in [0.29, 0.717) is 15.8 Å². The van der Waals surface area contributed by atoms with Gasteiger partial charge in [0.2, 0.25) is 0 Å². The van der Waals surface area contributed by atoms with E-state index in [1.807, 2.05) is 0 Å². The lowest BCUT2D eigenvalue weighted by Crippen LogP contribution is -2.10. The lowest BCUT2D eigenvalue weighted by Gasteiger charge is -2.14. The number of aromatic nitrogens is 1. The van der Waals surface area contributed by atoms with Crippen LogP contribution in [-0.2, 0) is 4.74 Å². The number of thiophene rings is 1. The predicted molar refractivity (Wildman–Crippen MR) is 92.5 cm³/mol. The van der Waals surface area contributed by atoms with Gasteiger partial charge in [-0.1, -0.05) is 11.6 Å². The molecule has 2 heterocycles. The van der Waals surface area contributed by atoms with Gasteiger partial charge in [-0.2, -0.15) is 0 Å². The van der Waals surface area contributed by atoms with Crippen molar-refractivity contribution in [3.05, 3.63) is 46.1 Å². The summed E-state index contributed by atoms with van der Waals surface area (Å²) in [7, 11) is 1.37. The van der Waals surface area contributed by atoms with Crippen LogP contribution < -0.4 is 4.74 Å². The molecule has 0 saturated heterocycles. The molecule has 25 heavy (non-hydrogen) atoms. The summed E-state index contributed by atoms with van der Waals surface area (Å²) in [5, 5.41) is 1.23. The zero-order chi connectivity index (χ0) is 18.1. The average molecular weight is 384 g/mol. The molecule has 0 atom stereocenters. The molecule has 0 unspecified atom stereocenters. The van der Waals surface area contributed by atoms with Crippen molar-refractivity contribution in [2.75, 3.05) is 13.7 Å². The molecular formula is C17H12ClF2NO3S. The molecule has 0 aliphatic heterocycles. The molecule has 130 valence electrons. The molecule has 3 aromatic rings. The molecule has 0 fully saturated rings. The summed E-state index contributed by atoms with van der Waals surface area (Å²) in [6.07, 6.45) is 0. The normalized spacial score (nSPS) is 10.9. The molecule has 4 nitrogen and oxygen atoms in total. The lowest BCUT2D eigenvalue weighted by molar-refractivity contribution is 0.0520. The van der Waals surface area contributed by atoms with E-state index in [-0.39, 0.29) is 28.6 Å². The molecule has 8 heteroatoms. The number of rotatable bonds is 4. The van der Waals surface area contributed by atoms with Crippen LogP contribution in [0.4, 0.5) is 8.78 Å². The van der Waals surface area contributed by atoms with Crippen molar-refractivity contribution >= 4 is 39.0 Å². The van der Waals surface area contributed by atoms with Crippen molar-refractivity contribution in [1.82, 2.24) is 4.98 Å². The molecule has 0 N–H and O–H groups in total. The number of pyridine rings is 1. The van der Waals surface area contributed by atoms with E-state index in [9.17, 15) is 13.6 Å². The molecule has 3 rings (SSSR count). The van der Waals surface area contributed by atoms with Crippen LogP contribution in [0, 0.1) is 11.6 Å². The zero-order valence-corrected chi connectivity index (χ0v) is 14.8. The number of fused-ring (bicyclic) bond motifs is 1. The Labute approximate surface area is 151 Å². The Hall–Kier alpha value is -2.25. The van der Waals surface area contributed by atoms with Crippen LogP contribution in [0.25, 0.3) is 21.2 Å². The second-order valence-electron chi connectivity index (χ2n) is 4.98. The SMILES string of the molecule is CCOC(=O)c1nc(Cl)c2c(F)csc2c1-c1ccc(F)cc1OC. The number of hydrogen-bond acceptors (Lipinski definition) is 5. The number of carbonyl (C=O) groups excluding carboxylic acids is 1. The fourth-order valence-electron chi connectivity index (χ4n) is 2.50. The van der Waals surface area contributed by atoms with Crippen molar-refractivity contribution in [1.29, 1.82) is 0 Å². The summed E-state index contributed by atoms with van der Waals surface area (Å²) in [5.41, 5.74) is 0.609. The summed E-state index contributed by atoms with van der Waals surface area (Å²) in [5.74, 6) is -1.57. The highest BCUT2D eigenvalue weighted by molar-refractivity contribution is 7.18. The van der Waals surface area contributed by atoms with E-state index in [1.54, 1.807) is 6.92 Å². The lowest BCUT2D eigenvalue weighted by atomic mass is 10.0. The van der Waals surface area contributed by atoms with Gasteiger partial charge in [0.05, 0.1) is 23.8 Å². The van der Waals surface area contributed by atoms with Gasteiger partial charge in [0.25, 0.3) is 0 Å². The number of ether oxygens (including phenoxy) is 2. The molecule has 0 spiro atoms. The van der Waals surface area contributed by atoms with Gasteiger partial charge in [0.15, 0.2) is 5.69 Å². The fourth-order valence-corrected chi connectivity index (χ4v) is 3.80. The summed E-state index contributed by atoms with van der Waals surface area (Å²) < 4.78 is 38.3. The summed E-state index contributed by atoms with van der Waals surface area (Å²) >= 11 is 7.13. The van der Waals surface area contributed by atoms with Crippen LogP contribution in [0.2, 0.25) is 5.15 Å². The van der Waals surface area contributed by atoms with Gasteiger partial charge in [0.1, 0.15) is 22.5 Å². The monoisotopic (exact) mass is 383 g/mol. The van der Waals surface area contributed by atoms with Crippen molar-refractivity contribution in [2.45, 2.75) is 6.92 Å². The second-order valence-corrected chi connectivity index (χ2v) is 6.22. The summed E-state index contributed by atoms with van der Waals surface area (Å²) in [6.45, 7) is 1.79. The molecule has 0 aliphatic rings. The molecule has 0 radical (unpaired) electrons. The Balaban J connectivity index is 2.41. The van der Waals surface area contributed by atoms with Gasteiger partial charge in [-0.25, -0.2) is 18.6 Å². The van der Waals surface area contributed by atoms with E-state index < -0.39 is 17.6 Å². The molecular weight excluding hydrogens is 372 g/mol. The maximum absolute atomic E-state index is 14.1. The minimum Gasteiger partial charge on any atom is -0.496 e. The molecule has 0 bridgehead atoms. The minimum absolute atomic E-state index is 0.0777. The van der Waals surface area contributed by atoms with Crippen LogP contribution in [-0.4, -0.2) is 24.7 Å². The standard InChI is InChI=1S/C17H12ClF2NO3S/c1-3-24-17(22)14-12(9-5-4-8(19)6-11(9)23-2)15-13(16(18)21-14)10(20)7-25-15/h4-7H,3H2,1-2H3. The van der Waals surface area contributed by atoms with Crippen molar-refractivity contribution in [2.24, 2.45) is 0 Å². The van der Waals surface area contributed by atoms with E-state index in [1.165, 1.54) is 30.7 Å². The highest BCUT2D eigenvalue weighted by atomic mass is 35.5. The maximum atomic E-state index is 14.1. The van der Waals surface area contributed by atoms with Gasteiger partial charge in [-0.15, -0.1) is 11.3 Å². The van der Waals surface area contributed by atoms with E-state index in [0.717, 1.165) is 11.3 Å². The third-order valence-corrected chi connectivity index (χ3v) is 4.77. The third-order valence-electron chi connectivity index (χ3n) is 3.53. The predicted octanol–water partition coefficient (Wildman–Crippen LogP) is 5.08. The van der Waals surface area contributed by atoms with E-state index in [2.05, 4.69) is 4.98 Å². The van der Waals surface area contributed by atoms with E-state index >= 15 is 0 Å². The quantitative estimate of drug-likeness (QED) is 0.465. The number of carbonyl (C=O) groups is 1. The van der Waals surface area contributed by atoms with Crippen LogP contribution in [0.5, 0.6) is 5.75 Å². The summed E-state index contributed by atoms with van der Waals surface area (Å²) in [4.78, 5) is 16.4. The Morgan fingerprint density at radius 3 is 2.80 bits per heavy atom.